The second kappa shape index (κ2) is 9.44. The zero-order valence-electron chi connectivity index (χ0n) is 16.5. The summed E-state index contributed by atoms with van der Waals surface area (Å²) in [4.78, 5) is 5.09. The summed E-state index contributed by atoms with van der Waals surface area (Å²) in [5.74, 6) is 4.32. The molecule has 2 aliphatic rings. The van der Waals surface area contributed by atoms with E-state index in [4.69, 9.17) is 9.47 Å². The molecule has 2 saturated heterocycles. The quantitative estimate of drug-likeness (QED) is 0.310. The molecule has 0 N–H and O–H groups in total. The molecule has 0 aliphatic carbocycles. The summed E-state index contributed by atoms with van der Waals surface area (Å²) in [6.45, 7) is 4.57. The van der Waals surface area contributed by atoms with E-state index >= 15 is 0 Å². The first-order valence-corrected chi connectivity index (χ1v) is 12.2. The highest BCUT2D eigenvalue weighted by Crippen LogP contribution is 2.34. The number of hydrogen-bond donors (Lipinski definition) is 0. The SMILES string of the molecule is COc1ccc(CN2C[C@@H]2CSSC[C@H]2CN2Cc2ccc(OC)cc2)cc1. The smallest absolute Gasteiger partial charge is 0.118 e. The lowest BCUT2D eigenvalue weighted by molar-refractivity contribution is 0.414. The fourth-order valence-electron chi connectivity index (χ4n) is 3.33. The monoisotopic (exact) mass is 416 g/mol. The molecule has 2 fully saturated rings. The van der Waals surface area contributed by atoms with Crippen LogP contribution in [-0.2, 0) is 13.1 Å². The zero-order valence-corrected chi connectivity index (χ0v) is 18.2. The van der Waals surface area contributed by atoms with Crippen molar-refractivity contribution >= 4 is 21.6 Å². The molecular weight excluding hydrogens is 388 g/mol. The maximum Gasteiger partial charge on any atom is 0.118 e. The van der Waals surface area contributed by atoms with Crippen molar-refractivity contribution in [1.82, 2.24) is 9.80 Å². The van der Waals surface area contributed by atoms with Crippen LogP contribution in [0, 0.1) is 0 Å². The van der Waals surface area contributed by atoms with Gasteiger partial charge in [-0.3, -0.25) is 9.80 Å². The molecule has 28 heavy (non-hydrogen) atoms. The van der Waals surface area contributed by atoms with Crippen LogP contribution < -0.4 is 9.47 Å². The summed E-state index contributed by atoms with van der Waals surface area (Å²) < 4.78 is 10.4. The van der Waals surface area contributed by atoms with Gasteiger partial charge >= 0.3 is 0 Å². The first-order chi connectivity index (χ1) is 13.7. The first-order valence-electron chi connectivity index (χ1n) is 9.73. The van der Waals surface area contributed by atoms with E-state index in [1.807, 2.05) is 45.9 Å². The van der Waals surface area contributed by atoms with Crippen LogP contribution in [0.5, 0.6) is 11.5 Å². The number of nitrogens with zero attached hydrogens (tertiary/aromatic N) is 2. The molecule has 0 radical (unpaired) electrons. The highest BCUT2D eigenvalue weighted by Gasteiger charge is 2.35. The van der Waals surface area contributed by atoms with Crippen molar-refractivity contribution in [2.75, 3.05) is 38.8 Å². The van der Waals surface area contributed by atoms with Crippen LogP contribution in [0.25, 0.3) is 0 Å². The molecule has 4 nitrogen and oxygen atoms in total. The fraction of sp³-hybridized carbons (Fsp3) is 0.455. The highest BCUT2D eigenvalue weighted by atomic mass is 33.1. The molecule has 4 rings (SSSR count). The third kappa shape index (κ3) is 5.60. The highest BCUT2D eigenvalue weighted by molar-refractivity contribution is 8.76. The van der Waals surface area contributed by atoms with Gasteiger partial charge in [-0.1, -0.05) is 45.9 Å². The van der Waals surface area contributed by atoms with Gasteiger partial charge in [0.05, 0.1) is 14.2 Å². The van der Waals surface area contributed by atoms with Crippen LogP contribution in [0.15, 0.2) is 48.5 Å². The predicted molar refractivity (Wildman–Crippen MR) is 119 cm³/mol. The molecule has 0 aromatic heterocycles. The van der Waals surface area contributed by atoms with Crippen molar-refractivity contribution in [2.24, 2.45) is 0 Å². The fourth-order valence-corrected chi connectivity index (χ4v) is 5.99. The lowest BCUT2D eigenvalue weighted by atomic mass is 10.2. The van der Waals surface area contributed by atoms with Crippen LogP contribution in [-0.4, -0.2) is 60.7 Å². The van der Waals surface area contributed by atoms with E-state index in [0.717, 1.165) is 36.7 Å². The van der Waals surface area contributed by atoms with E-state index < -0.39 is 0 Å². The molecule has 2 unspecified atom stereocenters. The average molecular weight is 417 g/mol. The Morgan fingerprint density at radius 1 is 0.714 bits per heavy atom. The molecule has 2 aromatic rings. The minimum absolute atomic E-state index is 0.745. The lowest BCUT2D eigenvalue weighted by Gasteiger charge is -2.06. The Bertz CT molecular complexity index is 689. The summed E-state index contributed by atoms with van der Waals surface area (Å²) in [5, 5.41) is 0. The van der Waals surface area contributed by atoms with Gasteiger partial charge in [0.15, 0.2) is 0 Å². The Labute approximate surface area is 176 Å². The van der Waals surface area contributed by atoms with Crippen molar-refractivity contribution in [3.8, 4) is 11.5 Å². The Kier molecular flexibility index (Phi) is 6.73. The van der Waals surface area contributed by atoms with Crippen molar-refractivity contribution in [3.05, 3.63) is 59.7 Å². The second-order valence-corrected chi connectivity index (χ2v) is 9.98. The Morgan fingerprint density at radius 3 is 1.46 bits per heavy atom. The summed E-state index contributed by atoms with van der Waals surface area (Å²) in [6, 6.07) is 18.3. The number of benzene rings is 2. The molecule has 2 aromatic carbocycles. The van der Waals surface area contributed by atoms with Crippen molar-refractivity contribution in [1.29, 1.82) is 0 Å². The normalized spacial score (nSPS) is 25.4. The van der Waals surface area contributed by atoms with Crippen LogP contribution >= 0.6 is 21.6 Å². The van der Waals surface area contributed by atoms with E-state index in [9.17, 15) is 0 Å². The number of hydrogen-bond acceptors (Lipinski definition) is 6. The van der Waals surface area contributed by atoms with E-state index in [2.05, 4.69) is 34.1 Å². The van der Waals surface area contributed by atoms with Crippen molar-refractivity contribution < 1.29 is 9.47 Å². The third-order valence-corrected chi connectivity index (χ3v) is 7.87. The molecule has 6 heteroatoms. The largest absolute Gasteiger partial charge is 0.497 e. The summed E-state index contributed by atoms with van der Waals surface area (Å²) in [5.41, 5.74) is 2.74. The van der Waals surface area contributed by atoms with E-state index in [-0.39, 0.29) is 0 Å². The van der Waals surface area contributed by atoms with Crippen LogP contribution in [0.3, 0.4) is 0 Å². The molecule has 2 aliphatic heterocycles. The van der Waals surface area contributed by atoms with Gasteiger partial charge in [0.2, 0.25) is 0 Å². The maximum atomic E-state index is 5.22. The maximum absolute atomic E-state index is 5.22. The van der Waals surface area contributed by atoms with E-state index in [1.54, 1.807) is 14.2 Å². The molecular formula is C22H28N2O2S2. The van der Waals surface area contributed by atoms with E-state index in [0.29, 0.717) is 0 Å². The van der Waals surface area contributed by atoms with Gasteiger partial charge in [0.1, 0.15) is 11.5 Å². The van der Waals surface area contributed by atoms with Gasteiger partial charge in [0.25, 0.3) is 0 Å². The Morgan fingerprint density at radius 2 is 1.11 bits per heavy atom. The first kappa shape index (κ1) is 20.0. The summed E-state index contributed by atoms with van der Waals surface area (Å²) in [6.07, 6.45) is 0. The second-order valence-electron chi connectivity index (χ2n) is 7.43. The van der Waals surface area contributed by atoms with Crippen LogP contribution in [0.1, 0.15) is 11.1 Å². The predicted octanol–water partition coefficient (Wildman–Crippen LogP) is 4.15. The van der Waals surface area contributed by atoms with Crippen LogP contribution in [0.4, 0.5) is 0 Å². The van der Waals surface area contributed by atoms with Gasteiger partial charge in [-0.25, -0.2) is 0 Å². The average Bonchev–Trinajstić information content (AvgIpc) is 3.65. The lowest BCUT2D eigenvalue weighted by Crippen LogP contribution is -2.05. The van der Waals surface area contributed by atoms with Gasteiger partial charge in [0, 0.05) is 49.8 Å². The van der Waals surface area contributed by atoms with Gasteiger partial charge in [-0.2, -0.15) is 0 Å². The Hall–Kier alpha value is -1.34. The molecule has 2 heterocycles. The molecule has 0 amide bonds. The van der Waals surface area contributed by atoms with Crippen molar-refractivity contribution in [3.63, 3.8) is 0 Å². The third-order valence-electron chi connectivity index (χ3n) is 5.35. The van der Waals surface area contributed by atoms with Gasteiger partial charge in [-0.15, -0.1) is 0 Å². The molecule has 4 atom stereocenters. The van der Waals surface area contributed by atoms with Gasteiger partial charge < -0.3 is 9.47 Å². The summed E-state index contributed by atoms with van der Waals surface area (Å²) >= 11 is 0. The van der Waals surface area contributed by atoms with E-state index in [1.165, 1.54) is 35.7 Å². The number of rotatable bonds is 11. The standard InChI is InChI=1S/C22H28N2O2S2/c1-25-21-7-3-17(4-8-21)11-23-13-19(23)15-27-28-16-20-14-24(20)12-18-5-9-22(26-2)10-6-18/h3-10,19-20H,11-16H2,1-2H3/t19-,20-,23?,24?/m1/s1. The molecule has 0 bridgehead atoms. The van der Waals surface area contributed by atoms with Crippen molar-refractivity contribution in [2.45, 2.75) is 25.2 Å². The molecule has 150 valence electrons. The molecule has 0 saturated carbocycles. The minimum Gasteiger partial charge on any atom is -0.497 e. The molecule has 0 spiro atoms. The minimum atomic E-state index is 0.745. The Balaban J connectivity index is 1.07. The van der Waals surface area contributed by atoms with Crippen LogP contribution in [0.2, 0.25) is 0 Å². The summed E-state index contributed by atoms with van der Waals surface area (Å²) in [7, 11) is 7.50. The topological polar surface area (TPSA) is 24.5 Å². The van der Waals surface area contributed by atoms with Gasteiger partial charge in [-0.05, 0) is 35.4 Å². The zero-order chi connectivity index (χ0) is 19.3. The number of methoxy groups -OCH3 is 2. The number of ether oxygens (including phenoxy) is 2.